The number of nitrogen functional groups attached to an aromatic ring is 1. The molecule has 3 heterocycles. The van der Waals surface area contributed by atoms with Crippen molar-refractivity contribution in [2.24, 2.45) is 5.92 Å². The number of hydrogen-bond donors (Lipinski definition) is 1. The molecule has 1 aliphatic heterocycles. The molecule has 1 fully saturated rings. The third kappa shape index (κ3) is 7.83. The van der Waals surface area contributed by atoms with E-state index in [0.717, 1.165) is 44.0 Å². The predicted molar refractivity (Wildman–Crippen MR) is 142 cm³/mol. The van der Waals surface area contributed by atoms with Crippen molar-refractivity contribution in [1.82, 2.24) is 19.7 Å². The van der Waals surface area contributed by atoms with Gasteiger partial charge in [-0.3, -0.25) is 4.68 Å². The maximum absolute atomic E-state index is 13.9. The Balaban J connectivity index is 0.000000459. The minimum absolute atomic E-state index is 0.0675. The second-order valence-corrected chi connectivity index (χ2v) is 10.1. The van der Waals surface area contributed by atoms with Crippen LogP contribution < -0.4 is 10.5 Å². The van der Waals surface area contributed by atoms with E-state index < -0.39 is 24.0 Å². The largest absolute Gasteiger partial charge is 0.482 e. The van der Waals surface area contributed by atoms with Crippen molar-refractivity contribution >= 4 is 35.3 Å². The Bertz CT molecular complexity index is 1280. The number of aromatic nitrogens is 3. The maximum Gasteiger partial charge on any atom is 0.398 e. The highest BCUT2D eigenvalue weighted by molar-refractivity contribution is 6.36. The molecular formula is C26H29Cl2F4N5O2. The van der Waals surface area contributed by atoms with Crippen LogP contribution in [0.2, 0.25) is 10.0 Å². The van der Waals surface area contributed by atoms with Crippen molar-refractivity contribution < 1.29 is 27.1 Å². The van der Waals surface area contributed by atoms with Gasteiger partial charge in [0.15, 0.2) is 11.6 Å². The summed E-state index contributed by atoms with van der Waals surface area (Å²) in [6, 6.07) is 4.86. The van der Waals surface area contributed by atoms with Crippen LogP contribution in [0.15, 0.2) is 36.8 Å². The summed E-state index contributed by atoms with van der Waals surface area (Å²) >= 11 is 12.3. The van der Waals surface area contributed by atoms with Gasteiger partial charge >= 0.3 is 6.18 Å². The Morgan fingerprint density at radius 2 is 1.82 bits per heavy atom. The van der Waals surface area contributed by atoms with Crippen LogP contribution in [-0.4, -0.2) is 52.3 Å². The number of halogens is 6. The van der Waals surface area contributed by atoms with Gasteiger partial charge in [0.1, 0.15) is 24.1 Å². The van der Waals surface area contributed by atoms with E-state index in [4.69, 9.17) is 33.7 Å². The van der Waals surface area contributed by atoms with Crippen LogP contribution in [0, 0.1) is 11.7 Å². The number of rotatable bonds is 6. The second kappa shape index (κ2) is 13.0. The summed E-state index contributed by atoms with van der Waals surface area (Å²) in [4.78, 5) is 16.0. The van der Waals surface area contributed by atoms with Crippen molar-refractivity contribution in [2.75, 3.05) is 25.9 Å². The van der Waals surface area contributed by atoms with E-state index in [1.165, 1.54) is 12.1 Å². The van der Waals surface area contributed by atoms with Gasteiger partial charge in [-0.25, -0.2) is 9.37 Å². The van der Waals surface area contributed by atoms with Crippen LogP contribution in [0.25, 0.3) is 11.1 Å². The molecular weight excluding hydrogens is 561 g/mol. The molecule has 0 aliphatic carbocycles. The van der Waals surface area contributed by atoms with Gasteiger partial charge in [-0.2, -0.15) is 18.3 Å². The average Bonchev–Trinajstić information content (AvgIpc) is 3.38. The number of pyridine rings is 1. The third-order valence-electron chi connectivity index (χ3n) is 6.39. The number of benzene rings is 1. The molecule has 0 spiro atoms. The first-order valence-corrected chi connectivity index (χ1v) is 12.9. The van der Waals surface area contributed by atoms with Gasteiger partial charge in [0.05, 0.1) is 17.3 Å². The normalized spacial score (nSPS) is 16.2. The minimum Gasteiger partial charge on any atom is -0.482 e. The molecule has 13 heteroatoms. The minimum atomic E-state index is -4.36. The Kier molecular flexibility index (Phi) is 10.2. The molecule has 0 saturated carbocycles. The molecule has 0 amide bonds. The Labute approximate surface area is 233 Å². The van der Waals surface area contributed by atoms with E-state index in [-0.39, 0.29) is 17.1 Å². The summed E-state index contributed by atoms with van der Waals surface area (Å²) in [6.07, 6.45) is 2.55. The van der Waals surface area contributed by atoms with Gasteiger partial charge in [-0.15, -0.1) is 0 Å². The van der Waals surface area contributed by atoms with Crippen molar-refractivity contribution in [2.45, 2.75) is 45.0 Å². The van der Waals surface area contributed by atoms with Crippen molar-refractivity contribution in [3.63, 3.8) is 0 Å². The molecule has 7 nitrogen and oxygen atoms in total. The highest BCUT2D eigenvalue weighted by atomic mass is 35.5. The number of alkyl halides is 3. The SMILES string of the molecule is CC(C=O)C(F)(F)F.CC(Oc1cc(-c2cnn(C3CCN(C)CC3)c2)cnc1N)c1c(Cl)ccc(F)c1Cl. The first-order chi connectivity index (χ1) is 18.3. The number of aldehydes is 1. The second-order valence-electron chi connectivity index (χ2n) is 9.33. The topological polar surface area (TPSA) is 86.3 Å². The van der Waals surface area contributed by atoms with Gasteiger partial charge in [-0.1, -0.05) is 23.2 Å². The summed E-state index contributed by atoms with van der Waals surface area (Å²) in [7, 11) is 2.14. The molecule has 3 aromatic rings. The maximum atomic E-state index is 13.9. The summed E-state index contributed by atoms with van der Waals surface area (Å²) in [6.45, 7) is 4.67. The van der Waals surface area contributed by atoms with E-state index in [9.17, 15) is 22.4 Å². The van der Waals surface area contributed by atoms with Crippen LogP contribution in [0.5, 0.6) is 5.75 Å². The van der Waals surface area contributed by atoms with Crippen LogP contribution in [0.4, 0.5) is 23.4 Å². The van der Waals surface area contributed by atoms with Gasteiger partial charge in [0.2, 0.25) is 0 Å². The van der Waals surface area contributed by atoms with E-state index in [0.29, 0.717) is 22.4 Å². The predicted octanol–water partition coefficient (Wildman–Crippen LogP) is 6.76. The average molecular weight is 590 g/mol. The fraction of sp³-hybridized carbons (Fsp3) is 0.423. The smallest absolute Gasteiger partial charge is 0.398 e. The lowest BCUT2D eigenvalue weighted by molar-refractivity contribution is -0.170. The summed E-state index contributed by atoms with van der Waals surface area (Å²) in [5.74, 6) is -1.80. The van der Waals surface area contributed by atoms with Crippen LogP contribution in [-0.2, 0) is 4.79 Å². The number of nitrogens with two attached hydrogens (primary N) is 1. The zero-order valence-electron chi connectivity index (χ0n) is 21.6. The Morgan fingerprint density at radius 1 is 1.15 bits per heavy atom. The fourth-order valence-corrected chi connectivity index (χ4v) is 4.57. The number of hydrogen-bond acceptors (Lipinski definition) is 6. The monoisotopic (exact) mass is 589 g/mol. The van der Waals surface area contributed by atoms with E-state index >= 15 is 0 Å². The van der Waals surface area contributed by atoms with E-state index in [1.54, 1.807) is 19.2 Å². The fourth-order valence-electron chi connectivity index (χ4n) is 3.90. The molecule has 1 aromatic carbocycles. The summed E-state index contributed by atoms with van der Waals surface area (Å²) in [5, 5.41) is 4.81. The summed E-state index contributed by atoms with van der Waals surface area (Å²) in [5.41, 5.74) is 8.15. The lowest BCUT2D eigenvalue weighted by atomic mass is 10.1. The number of ether oxygens (including phenoxy) is 1. The molecule has 0 bridgehead atoms. The molecule has 2 unspecified atom stereocenters. The zero-order chi connectivity index (χ0) is 28.9. The zero-order valence-corrected chi connectivity index (χ0v) is 23.1. The molecule has 212 valence electrons. The van der Waals surface area contributed by atoms with Crippen molar-refractivity contribution in [3.8, 4) is 16.9 Å². The third-order valence-corrected chi connectivity index (χ3v) is 7.10. The van der Waals surface area contributed by atoms with Gasteiger partial charge in [-0.05, 0) is 65.0 Å². The number of likely N-dealkylation sites (tertiary alicyclic amines) is 1. The number of nitrogens with zero attached hydrogens (tertiary/aromatic N) is 4. The highest BCUT2D eigenvalue weighted by Gasteiger charge is 2.35. The molecule has 1 saturated heterocycles. The van der Waals surface area contributed by atoms with E-state index in [1.807, 2.05) is 17.1 Å². The van der Waals surface area contributed by atoms with Crippen molar-refractivity contribution in [1.29, 1.82) is 0 Å². The first-order valence-electron chi connectivity index (χ1n) is 12.1. The first kappa shape index (κ1) is 30.6. The number of anilines is 1. The van der Waals surface area contributed by atoms with Gasteiger partial charge < -0.3 is 20.2 Å². The van der Waals surface area contributed by atoms with Gasteiger partial charge in [0.25, 0.3) is 0 Å². The molecule has 2 atom stereocenters. The van der Waals surface area contributed by atoms with Gasteiger partial charge in [0, 0.05) is 34.1 Å². The van der Waals surface area contributed by atoms with Crippen molar-refractivity contribution in [3.05, 3.63) is 58.2 Å². The number of carbonyl (C=O) groups is 1. The lowest BCUT2D eigenvalue weighted by Crippen LogP contribution is -2.31. The Hall–Kier alpha value is -2.89. The lowest BCUT2D eigenvalue weighted by Gasteiger charge is -2.28. The molecule has 2 N–H and O–H groups in total. The van der Waals surface area contributed by atoms with Crippen LogP contribution in [0.3, 0.4) is 0 Å². The Morgan fingerprint density at radius 3 is 2.41 bits per heavy atom. The highest BCUT2D eigenvalue weighted by Crippen LogP contribution is 2.37. The van der Waals surface area contributed by atoms with Crippen LogP contribution >= 0.6 is 23.2 Å². The molecule has 0 radical (unpaired) electrons. The molecule has 4 rings (SSSR count). The number of carbonyl (C=O) groups excluding carboxylic acids is 1. The quantitative estimate of drug-likeness (QED) is 0.194. The van der Waals surface area contributed by atoms with Crippen LogP contribution in [0.1, 0.15) is 44.4 Å². The van der Waals surface area contributed by atoms with E-state index in [2.05, 4.69) is 22.0 Å². The molecule has 39 heavy (non-hydrogen) atoms. The number of piperidine rings is 1. The standard InChI is InChI=1S/C22H24Cl2FN5O.C4H5F3O/c1-13(20-17(23)3-4-18(25)21(20)24)31-19-9-14(10-27-22(19)26)15-11-28-30(12-15)16-5-7-29(2)8-6-16;1-3(2-8)4(5,6)7/h3-4,9-13,16H,5-8H2,1-2H3,(H2,26,27);2-3H,1H3. The molecule has 1 aliphatic rings. The summed E-state index contributed by atoms with van der Waals surface area (Å²) < 4.78 is 55.6. The molecule has 2 aromatic heterocycles.